The van der Waals surface area contributed by atoms with Crippen LogP contribution in [0.2, 0.25) is 0 Å². The second kappa shape index (κ2) is 22.5. The molecule has 2 aromatic heterocycles. The second-order valence-electron chi connectivity index (χ2n) is 12.9. The average Bonchev–Trinajstić information content (AvgIpc) is 3.82. The number of benzene rings is 4. The number of hydrogen-bond acceptors (Lipinski definition) is 16. The summed E-state index contributed by atoms with van der Waals surface area (Å²) in [5.74, 6) is 0. The summed E-state index contributed by atoms with van der Waals surface area (Å²) in [5, 5.41) is 30.2. The fourth-order valence-corrected chi connectivity index (χ4v) is 6.37. The summed E-state index contributed by atoms with van der Waals surface area (Å²) in [6.45, 7) is 9.42. The van der Waals surface area contributed by atoms with Crippen LogP contribution in [0, 0.1) is 20.5 Å². The van der Waals surface area contributed by atoms with Gasteiger partial charge >= 0.3 is 0 Å². The summed E-state index contributed by atoms with van der Waals surface area (Å²) in [7, 11) is -9.39. The smallest absolute Gasteiger partial charge is 0.0971 e. The molecule has 0 amide bonds. The molecular weight excluding hydrogens is 837 g/mol. The molecule has 1 aliphatic heterocycles. The summed E-state index contributed by atoms with van der Waals surface area (Å²) >= 11 is 0. The maximum Gasteiger partial charge on any atom is 0.0971 e. The molecule has 0 unspecified atom stereocenters. The maximum atomic E-state index is 8.60. The third-order valence-electron chi connectivity index (χ3n) is 8.75. The van der Waals surface area contributed by atoms with E-state index in [0.29, 0.717) is 0 Å². The predicted octanol–water partition coefficient (Wildman–Crippen LogP) is -3.82. The van der Waals surface area contributed by atoms with Crippen LogP contribution in [0.15, 0.2) is 97.3 Å². The zero-order valence-corrected chi connectivity index (χ0v) is 35.6. The summed E-state index contributed by atoms with van der Waals surface area (Å²) in [5.41, 5.74) is 4.12. The van der Waals surface area contributed by atoms with Crippen LogP contribution >= 0.6 is 0 Å². The number of fused-ring (bicyclic) bond motifs is 2. The van der Waals surface area contributed by atoms with E-state index >= 15 is 0 Å². The van der Waals surface area contributed by atoms with E-state index in [4.69, 9.17) is 37.3 Å². The second-order valence-corrected chi connectivity index (χ2v) is 14.4. The van der Waals surface area contributed by atoms with Gasteiger partial charge in [0.05, 0.1) is 65.0 Å². The first-order chi connectivity index (χ1) is 26.8. The van der Waals surface area contributed by atoms with E-state index in [1.54, 1.807) is 0 Å². The van der Waals surface area contributed by atoms with Gasteiger partial charge in [-0.1, -0.05) is 83.2 Å². The van der Waals surface area contributed by atoms with Gasteiger partial charge in [-0.3, -0.25) is 9.80 Å². The Hall–Kier alpha value is -3.60. The molecule has 0 radical (unpaired) electrons. The van der Waals surface area contributed by atoms with Gasteiger partial charge in [0.2, 0.25) is 0 Å². The molecule has 57 heavy (non-hydrogen) atoms. The Bertz CT molecular complexity index is 1910. The summed E-state index contributed by atoms with van der Waals surface area (Å²) < 4.78 is 69.3. The quantitative estimate of drug-likeness (QED) is 0.117. The van der Waals surface area contributed by atoms with E-state index in [1.807, 2.05) is 9.36 Å². The standard InChI is InChI=1S/C36H42N10.2ClHO4.Zn/c1-3-13-33-29(9-1)11-5-15-35(33)45-27-31(39-41-45)25-43-21-7-17-38-20-24-44(22-8-18-37-19-23-43)26-32-28-46(42-40-32)36-16-6-12-30-10-2-4-14-34(30)36;2*2-1(3,4)5;/h1-6,9-16,27-28,37-38H,7-8,17-26H2;2*(H,2,3,4,5);. The van der Waals surface area contributed by atoms with Crippen LogP contribution in [0.1, 0.15) is 24.2 Å². The Morgan fingerprint density at radius 3 is 1.30 bits per heavy atom. The molecule has 0 saturated carbocycles. The van der Waals surface area contributed by atoms with Gasteiger partial charge in [-0.05, 0) is 61.9 Å². The molecule has 0 bridgehead atoms. The zero-order chi connectivity index (χ0) is 40.0. The number of halogens is 2. The summed E-state index contributed by atoms with van der Waals surface area (Å²) in [6, 6.07) is 29.5. The number of nitrogens with one attached hydrogen (secondary N) is 2. The van der Waals surface area contributed by atoms with E-state index < -0.39 is 20.5 Å². The van der Waals surface area contributed by atoms with Crippen molar-refractivity contribution in [2.45, 2.75) is 25.9 Å². The Morgan fingerprint density at radius 2 is 0.895 bits per heavy atom. The van der Waals surface area contributed by atoms with Crippen molar-refractivity contribution in [3.05, 3.63) is 109 Å². The van der Waals surface area contributed by atoms with Gasteiger partial charge in [-0.2, -0.15) is 28.0 Å². The first-order valence-electron chi connectivity index (χ1n) is 17.7. The van der Waals surface area contributed by atoms with Crippen molar-refractivity contribution in [2.24, 2.45) is 0 Å². The topological polar surface area (TPSA) is 271 Å². The Kier molecular flexibility index (Phi) is 18.2. The normalized spacial score (nSPS) is 15.4. The molecule has 4 N–H and O–H groups in total. The molecule has 18 nitrogen and oxygen atoms in total. The van der Waals surface area contributed by atoms with Gasteiger partial charge in [0.25, 0.3) is 0 Å². The monoisotopic (exact) mass is 878 g/mol. The number of rotatable bonds is 6. The summed E-state index contributed by atoms with van der Waals surface area (Å²) in [4.78, 5) is 4.98. The van der Waals surface area contributed by atoms with Gasteiger partial charge in [-0.25, -0.2) is 9.36 Å². The van der Waals surface area contributed by atoms with Gasteiger partial charge in [0, 0.05) is 69.5 Å². The Labute approximate surface area is 346 Å². The fourth-order valence-electron chi connectivity index (χ4n) is 6.37. The molecule has 302 valence electrons. The molecule has 21 heteroatoms. The van der Waals surface area contributed by atoms with Crippen molar-refractivity contribution in [3.8, 4) is 11.4 Å². The van der Waals surface area contributed by atoms with Crippen molar-refractivity contribution in [1.29, 1.82) is 0 Å². The van der Waals surface area contributed by atoms with E-state index in [2.05, 4.69) is 138 Å². The summed E-state index contributed by atoms with van der Waals surface area (Å²) in [6.07, 6.45) is 6.32. The molecule has 0 spiro atoms. The largest absolute Gasteiger partial charge is 0.315 e. The van der Waals surface area contributed by atoms with Gasteiger partial charge in [-0.15, -0.1) is 10.2 Å². The van der Waals surface area contributed by atoms with Crippen molar-refractivity contribution in [2.75, 3.05) is 52.4 Å². The third-order valence-corrected chi connectivity index (χ3v) is 8.75. The molecule has 1 saturated heterocycles. The molecule has 4 aromatic carbocycles. The van der Waals surface area contributed by atoms with Crippen LogP contribution < -0.4 is 38.6 Å². The molecule has 3 heterocycles. The van der Waals surface area contributed by atoms with Crippen molar-refractivity contribution in [3.63, 3.8) is 0 Å². The predicted molar refractivity (Wildman–Crippen MR) is 188 cm³/mol. The van der Waals surface area contributed by atoms with E-state index in [0.717, 1.165) is 101 Å². The zero-order valence-electron chi connectivity index (χ0n) is 31.1. The van der Waals surface area contributed by atoms with E-state index in [1.165, 1.54) is 21.5 Å². The van der Waals surface area contributed by atoms with Crippen LogP contribution in [0.25, 0.3) is 32.9 Å². The third kappa shape index (κ3) is 16.3. The van der Waals surface area contributed by atoms with E-state index in [9.17, 15) is 0 Å². The Balaban J connectivity index is 0.000000586. The van der Waals surface area contributed by atoms with E-state index in [-0.39, 0.29) is 19.5 Å². The van der Waals surface area contributed by atoms with Crippen LogP contribution in [0.3, 0.4) is 0 Å². The van der Waals surface area contributed by atoms with Gasteiger partial charge < -0.3 is 10.6 Å². The molecular formula is C36H44Cl2N10O8Zn. The molecule has 0 atom stereocenters. The number of nitrogens with zero attached hydrogens (tertiary/aromatic N) is 8. The first kappa shape index (κ1) is 46.1. The molecule has 1 fully saturated rings. The van der Waals surface area contributed by atoms with Crippen LogP contribution in [-0.2, 0) is 32.6 Å². The molecule has 6 aromatic rings. The van der Waals surface area contributed by atoms with Gasteiger partial charge in [0.1, 0.15) is 0 Å². The van der Waals surface area contributed by atoms with Crippen LogP contribution in [0.5, 0.6) is 0 Å². The van der Waals surface area contributed by atoms with Crippen LogP contribution in [0.4, 0.5) is 0 Å². The molecule has 1 aliphatic rings. The fraction of sp³-hybridized carbons (Fsp3) is 0.333. The number of aromatic nitrogens is 6. The molecule has 0 aliphatic carbocycles. The minimum absolute atomic E-state index is 0. The van der Waals surface area contributed by atoms with Crippen LogP contribution in [-0.4, -0.2) is 101 Å². The van der Waals surface area contributed by atoms with Gasteiger partial charge in [0.15, 0.2) is 0 Å². The maximum absolute atomic E-state index is 8.60. The van der Waals surface area contributed by atoms with Crippen molar-refractivity contribution >= 4 is 21.5 Å². The minimum Gasteiger partial charge on any atom is -0.315 e. The average molecular weight is 881 g/mol. The first-order valence-corrected chi connectivity index (χ1v) is 20.2. The SMILES string of the molecule is [O-][Cl+3]([O-])([O-])O.[O-][Cl+3]([O-])([O-])O.[Zn].c1ccc2c(-n3cc(CN4CCCNCCN(Cc5cn(-c6cccc7ccccc67)nn5)CCCNCC4)nn3)cccc2c1. The van der Waals surface area contributed by atoms with Crippen molar-refractivity contribution < 1.29 is 77.2 Å². The van der Waals surface area contributed by atoms with Crippen molar-refractivity contribution in [1.82, 2.24) is 50.4 Å². The minimum atomic E-state index is -4.69. The molecule has 7 rings (SSSR count). The Morgan fingerprint density at radius 1 is 0.526 bits per heavy atom. The number of hydrogen-bond donors (Lipinski definition) is 4.